The van der Waals surface area contributed by atoms with Gasteiger partial charge in [0.05, 0.1) is 18.9 Å². The molecule has 5 heterocycles. The second kappa shape index (κ2) is 8.09. The van der Waals surface area contributed by atoms with Crippen molar-refractivity contribution in [2.45, 2.75) is 32.4 Å². The summed E-state index contributed by atoms with van der Waals surface area (Å²) in [7, 11) is 0. The van der Waals surface area contributed by atoms with E-state index in [2.05, 4.69) is 27.8 Å². The van der Waals surface area contributed by atoms with E-state index in [1.165, 1.54) is 11.1 Å². The van der Waals surface area contributed by atoms with Crippen molar-refractivity contribution in [2.75, 3.05) is 25.1 Å². The Kier molecular flexibility index (Phi) is 4.92. The summed E-state index contributed by atoms with van der Waals surface area (Å²) in [4.78, 5) is 27.1. The van der Waals surface area contributed by atoms with Crippen molar-refractivity contribution in [1.29, 1.82) is 0 Å². The summed E-state index contributed by atoms with van der Waals surface area (Å²) in [6.45, 7) is 5.67. The average Bonchev–Trinajstić information content (AvgIpc) is 3.09. The predicted molar refractivity (Wildman–Crippen MR) is 125 cm³/mol. The molecule has 0 spiro atoms. The summed E-state index contributed by atoms with van der Waals surface area (Å²) >= 11 is 0. The topological polar surface area (TPSA) is 98.9 Å². The van der Waals surface area contributed by atoms with E-state index in [0.717, 1.165) is 30.9 Å². The Morgan fingerprint density at radius 2 is 2.09 bits per heavy atom. The molecular formula is C24H25N7O2. The SMILES string of the molecule is CCn1c(=O)c2cnc(Nc3ccc4c(c3)CCNC4)nc2n1-c1cccc(C2COC2)n1. The Morgan fingerprint density at radius 1 is 1.18 bits per heavy atom. The molecule has 33 heavy (non-hydrogen) atoms. The summed E-state index contributed by atoms with van der Waals surface area (Å²) in [5, 5.41) is 7.18. The molecule has 0 atom stereocenters. The van der Waals surface area contributed by atoms with Gasteiger partial charge in [-0.15, -0.1) is 0 Å². The van der Waals surface area contributed by atoms with Gasteiger partial charge in [-0.25, -0.2) is 19.3 Å². The van der Waals surface area contributed by atoms with Crippen LogP contribution in [0.2, 0.25) is 0 Å². The monoisotopic (exact) mass is 443 g/mol. The molecule has 0 aliphatic carbocycles. The van der Waals surface area contributed by atoms with E-state index < -0.39 is 0 Å². The molecule has 3 aromatic heterocycles. The van der Waals surface area contributed by atoms with Crippen LogP contribution in [0.4, 0.5) is 11.6 Å². The number of nitrogens with zero attached hydrogens (tertiary/aromatic N) is 5. The maximum Gasteiger partial charge on any atom is 0.278 e. The van der Waals surface area contributed by atoms with Crippen LogP contribution in [0.25, 0.3) is 16.9 Å². The van der Waals surface area contributed by atoms with E-state index in [1.807, 2.05) is 31.2 Å². The highest BCUT2D eigenvalue weighted by molar-refractivity contribution is 5.77. The van der Waals surface area contributed by atoms with E-state index in [-0.39, 0.29) is 5.56 Å². The van der Waals surface area contributed by atoms with Crippen molar-refractivity contribution < 1.29 is 4.74 Å². The third-order valence-corrected chi connectivity index (χ3v) is 6.35. The van der Waals surface area contributed by atoms with E-state index in [4.69, 9.17) is 14.7 Å². The standard InChI is InChI=1S/C24H25N7O2/c1-2-30-23(32)19-12-26-24(27-18-7-6-16-11-25-9-8-15(16)10-18)29-22(19)31(30)21-5-3-4-20(28-21)17-13-33-14-17/h3-7,10,12,17,25H,2,8-9,11,13-14H2,1H3,(H,26,27,29). The molecule has 6 rings (SSSR count). The van der Waals surface area contributed by atoms with Crippen LogP contribution in [-0.4, -0.2) is 44.1 Å². The quantitative estimate of drug-likeness (QED) is 0.489. The van der Waals surface area contributed by atoms with Gasteiger partial charge in [0.2, 0.25) is 5.95 Å². The number of nitrogens with one attached hydrogen (secondary N) is 2. The fourth-order valence-corrected chi connectivity index (χ4v) is 4.48. The molecular weight excluding hydrogens is 418 g/mol. The largest absolute Gasteiger partial charge is 0.380 e. The number of benzene rings is 1. The zero-order chi connectivity index (χ0) is 22.4. The molecule has 1 saturated heterocycles. The highest BCUT2D eigenvalue weighted by atomic mass is 16.5. The molecule has 0 radical (unpaired) electrons. The summed E-state index contributed by atoms with van der Waals surface area (Å²) in [6, 6.07) is 12.2. The molecule has 2 N–H and O–H groups in total. The Bertz CT molecular complexity index is 1400. The number of hydrogen-bond acceptors (Lipinski definition) is 7. The molecule has 0 saturated carbocycles. The minimum atomic E-state index is -0.125. The second-order valence-corrected chi connectivity index (χ2v) is 8.45. The van der Waals surface area contributed by atoms with Gasteiger partial charge in [0.25, 0.3) is 5.56 Å². The van der Waals surface area contributed by atoms with Crippen molar-refractivity contribution in [3.05, 3.63) is 69.8 Å². The number of ether oxygens (including phenoxy) is 1. The highest BCUT2D eigenvalue weighted by Gasteiger charge is 2.23. The number of rotatable bonds is 5. The molecule has 1 aromatic carbocycles. The zero-order valence-corrected chi connectivity index (χ0v) is 18.4. The Morgan fingerprint density at radius 3 is 2.91 bits per heavy atom. The van der Waals surface area contributed by atoms with Gasteiger partial charge >= 0.3 is 0 Å². The number of anilines is 2. The summed E-state index contributed by atoms with van der Waals surface area (Å²) in [5.74, 6) is 1.40. The van der Waals surface area contributed by atoms with Gasteiger partial charge in [-0.2, -0.15) is 4.98 Å². The summed E-state index contributed by atoms with van der Waals surface area (Å²) < 4.78 is 8.78. The molecule has 0 bridgehead atoms. The third-order valence-electron chi connectivity index (χ3n) is 6.35. The maximum absolute atomic E-state index is 13.1. The molecule has 168 valence electrons. The summed E-state index contributed by atoms with van der Waals surface area (Å²) in [6.07, 6.45) is 2.60. The first kappa shape index (κ1) is 20.1. The molecule has 1 fully saturated rings. The average molecular weight is 444 g/mol. The summed E-state index contributed by atoms with van der Waals surface area (Å²) in [5.41, 5.74) is 4.96. The number of hydrogen-bond donors (Lipinski definition) is 2. The zero-order valence-electron chi connectivity index (χ0n) is 18.4. The van der Waals surface area contributed by atoms with Crippen LogP contribution in [0.15, 0.2) is 47.4 Å². The second-order valence-electron chi connectivity index (χ2n) is 8.45. The van der Waals surface area contributed by atoms with Gasteiger partial charge in [-0.3, -0.25) is 4.79 Å². The van der Waals surface area contributed by atoms with Crippen LogP contribution in [-0.2, 0) is 24.2 Å². The first-order valence-electron chi connectivity index (χ1n) is 11.3. The minimum absolute atomic E-state index is 0.125. The lowest BCUT2D eigenvalue weighted by Crippen LogP contribution is -2.27. The van der Waals surface area contributed by atoms with Crippen LogP contribution >= 0.6 is 0 Å². The van der Waals surface area contributed by atoms with E-state index >= 15 is 0 Å². The lowest BCUT2D eigenvalue weighted by atomic mass is 10.0. The lowest BCUT2D eigenvalue weighted by Gasteiger charge is -2.25. The number of pyridine rings is 1. The smallest absolute Gasteiger partial charge is 0.278 e. The first-order chi connectivity index (χ1) is 16.2. The number of fused-ring (bicyclic) bond motifs is 2. The van der Waals surface area contributed by atoms with Crippen molar-refractivity contribution in [1.82, 2.24) is 29.6 Å². The fraction of sp³-hybridized carbons (Fsp3) is 0.333. The van der Waals surface area contributed by atoms with Gasteiger partial charge in [-0.05, 0) is 55.3 Å². The third kappa shape index (κ3) is 3.49. The number of aromatic nitrogens is 5. The Balaban J connectivity index is 1.42. The normalized spacial score (nSPS) is 15.9. The van der Waals surface area contributed by atoms with Gasteiger partial charge < -0.3 is 15.4 Å². The molecule has 0 unspecified atom stereocenters. The highest BCUT2D eigenvalue weighted by Crippen LogP contribution is 2.25. The van der Waals surface area contributed by atoms with Crippen LogP contribution in [0, 0.1) is 0 Å². The van der Waals surface area contributed by atoms with Crippen molar-refractivity contribution in [2.24, 2.45) is 0 Å². The van der Waals surface area contributed by atoms with Gasteiger partial charge in [0.1, 0.15) is 5.39 Å². The van der Waals surface area contributed by atoms with Crippen molar-refractivity contribution in [3.8, 4) is 5.82 Å². The van der Waals surface area contributed by atoms with Crippen LogP contribution in [0.1, 0.15) is 29.7 Å². The van der Waals surface area contributed by atoms with Crippen LogP contribution < -0.4 is 16.2 Å². The fourth-order valence-electron chi connectivity index (χ4n) is 4.48. The van der Waals surface area contributed by atoms with E-state index in [0.29, 0.717) is 48.5 Å². The molecule has 2 aliphatic heterocycles. The maximum atomic E-state index is 13.1. The predicted octanol–water partition coefficient (Wildman–Crippen LogP) is 2.50. The first-order valence-corrected chi connectivity index (χ1v) is 11.3. The molecule has 2 aliphatic rings. The molecule has 0 amide bonds. The van der Waals surface area contributed by atoms with Crippen molar-refractivity contribution in [3.63, 3.8) is 0 Å². The lowest BCUT2D eigenvalue weighted by molar-refractivity contribution is 0.00670. The van der Waals surface area contributed by atoms with Crippen molar-refractivity contribution >= 4 is 22.7 Å². The Labute approximate surface area is 190 Å². The van der Waals surface area contributed by atoms with Gasteiger partial charge in [0, 0.05) is 30.9 Å². The molecule has 9 nitrogen and oxygen atoms in total. The van der Waals surface area contributed by atoms with Gasteiger partial charge in [-0.1, -0.05) is 12.1 Å². The van der Waals surface area contributed by atoms with E-state index in [9.17, 15) is 4.79 Å². The van der Waals surface area contributed by atoms with Crippen LogP contribution in [0.5, 0.6) is 0 Å². The molecule has 9 heteroatoms. The van der Waals surface area contributed by atoms with Gasteiger partial charge in [0.15, 0.2) is 11.5 Å². The van der Waals surface area contributed by atoms with Crippen LogP contribution in [0.3, 0.4) is 0 Å². The Hall–Kier alpha value is -3.56. The van der Waals surface area contributed by atoms with E-state index in [1.54, 1.807) is 15.6 Å². The molecule has 4 aromatic rings. The minimum Gasteiger partial charge on any atom is -0.380 e.